The van der Waals surface area contributed by atoms with Gasteiger partial charge in [-0.05, 0) is 38.1 Å². The molecule has 1 heterocycles. The molecular weight excluding hydrogens is 422 g/mol. The number of ether oxygens (including phenoxy) is 3. The molecule has 2 aromatic carbocycles. The van der Waals surface area contributed by atoms with Gasteiger partial charge >= 0.3 is 0 Å². The molecule has 0 radical (unpaired) electrons. The summed E-state index contributed by atoms with van der Waals surface area (Å²) in [5, 5.41) is 10.5. The number of guanidine groups is 1. The minimum absolute atomic E-state index is 0.308. The van der Waals surface area contributed by atoms with Gasteiger partial charge in [-0.25, -0.2) is 4.99 Å². The van der Waals surface area contributed by atoms with E-state index in [1.54, 1.807) is 12.1 Å². The Morgan fingerprint density at radius 2 is 1.67 bits per heavy atom. The van der Waals surface area contributed by atoms with Crippen molar-refractivity contribution in [3.8, 4) is 17.2 Å². The molecule has 0 atom stereocenters. The molecule has 0 saturated carbocycles. The van der Waals surface area contributed by atoms with E-state index < -0.39 is 0 Å². The van der Waals surface area contributed by atoms with E-state index in [9.17, 15) is 4.79 Å². The van der Waals surface area contributed by atoms with E-state index in [0.717, 1.165) is 22.6 Å². The molecular formula is C24H29N5O4. The Balaban J connectivity index is 1.92. The summed E-state index contributed by atoms with van der Waals surface area (Å²) in [7, 11) is 6.41. The predicted molar refractivity (Wildman–Crippen MR) is 127 cm³/mol. The number of hydrogen-bond donors (Lipinski definition) is 2. The van der Waals surface area contributed by atoms with Gasteiger partial charge < -0.3 is 19.5 Å². The smallest absolute Gasteiger partial charge is 0.258 e. The Morgan fingerprint density at radius 3 is 2.18 bits per heavy atom. The highest BCUT2D eigenvalue weighted by Crippen LogP contribution is 2.38. The minimum atomic E-state index is -0.379. The van der Waals surface area contributed by atoms with Gasteiger partial charge in [0.25, 0.3) is 5.91 Å². The summed E-state index contributed by atoms with van der Waals surface area (Å²) < 4.78 is 17.9. The number of hydrogen-bond acceptors (Lipinski definition) is 6. The van der Waals surface area contributed by atoms with Crippen LogP contribution < -0.4 is 24.8 Å². The molecule has 3 aromatic rings. The first-order chi connectivity index (χ1) is 15.9. The second kappa shape index (κ2) is 10.5. The van der Waals surface area contributed by atoms with Crippen molar-refractivity contribution < 1.29 is 19.0 Å². The lowest BCUT2D eigenvalue weighted by atomic mass is 10.1. The normalized spacial score (nSPS) is 11.2. The lowest BCUT2D eigenvalue weighted by Gasteiger charge is -2.15. The topological polar surface area (TPSA) is 99.0 Å². The van der Waals surface area contributed by atoms with Crippen LogP contribution in [0, 0.1) is 13.8 Å². The lowest BCUT2D eigenvalue weighted by Crippen LogP contribution is -2.36. The zero-order valence-corrected chi connectivity index (χ0v) is 19.7. The van der Waals surface area contributed by atoms with E-state index in [4.69, 9.17) is 14.2 Å². The van der Waals surface area contributed by atoms with Gasteiger partial charge in [-0.3, -0.25) is 14.8 Å². The second-order valence-corrected chi connectivity index (χ2v) is 7.30. The van der Waals surface area contributed by atoms with Crippen LogP contribution in [0.1, 0.15) is 27.3 Å². The third-order valence-corrected chi connectivity index (χ3v) is 5.25. The molecule has 0 fully saturated rings. The third kappa shape index (κ3) is 5.43. The van der Waals surface area contributed by atoms with Gasteiger partial charge in [-0.15, -0.1) is 0 Å². The quantitative estimate of drug-likeness (QED) is 0.422. The van der Waals surface area contributed by atoms with Gasteiger partial charge in [0.15, 0.2) is 11.5 Å². The molecule has 9 nitrogen and oxygen atoms in total. The largest absolute Gasteiger partial charge is 0.493 e. The Morgan fingerprint density at radius 1 is 1.03 bits per heavy atom. The van der Waals surface area contributed by atoms with Crippen molar-refractivity contribution in [2.45, 2.75) is 20.4 Å². The molecule has 0 bridgehead atoms. The Labute approximate surface area is 193 Å². The van der Waals surface area contributed by atoms with Crippen LogP contribution in [-0.2, 0) is 13.6 Å². The third-order valence-electron chi connectivity index (χ3n) is 5.25. The number of anilines is 1. The molecule has 0 aliphatic carbocycles. The number of para-hydroxylation sites is 1. The highest BCUT2D eigenvalue weighted by Gasteiger charge is 2.18. The average molecular weight is 452 g/mol. The molecule has 3 rings (SSSR count). The molecule has 0 aliphatic heterocycles. The first kappa shape index (κ1) is 23.6. The van der Waals surface area contributed by atoms with E-state index in [1.807, 2.05) is 55.9 Å². The Hall–Kier alpha value is -4.01. The highest BCUT2D eigenvalue weighted by atomic mass is 16.5. The number of benzene rings is 2. The van der Waals surface area contributed by atoms with Crippen molar-refractivity contribution in [3.05, 3.63) is 65.0 Å². The second-order valence-electron chi connectivity index (χ2n) is 7.30. The van der Waals surface area contributed by atoms with E-state index in [0.29, 0.717) is 35.3 Å². The summed E-state index contributed by atoms with van der Waals surface area (Å²) in [5.74, 6) is 1.12. The van der Waals surface area contributed by atoms with Crippen LogP contribution in [0.5, 0.6) is 17.2 Å². The number of nitrogens with zero attached hydrogens (tertiary/aromatic N) is 3. The zero-order chi connectivity index (χ0) is 24.0. The maximum absolute atomic E-state index is 13.1. The van der Waals surface area contributed by atoms with Crippen molar-refractivity contribution in [2.75, 3.05) is 26.6 Å². The first-order valence-corrected chi connectivity index (χ1v) is 10.3. The first-order valence-electron chi connectivity index (χ1n) is 10.3. The molecule has 0 unspecified atom stereocenters. The number of carbonyl (C=O) groups excluding carboxylic acids is 1. The standard InChI is InChI=1S/C24H29N5O4/c1-15-19(16(2)29(3)28-15)14-25-24(26-18-10-8-7-9-11-18)27-23(30)17-12-20(31-4)22(33-6)21(13-17)32-5/h7-13H,14H2,1-6H3,(H2,25,26,27,30). The van der Waals surface area contributed by atoms with Gasteiger partial charge in [0, 0.05) is 29.6 Å². The zero-order valence-electron chi connectivity index (χ0n) is 19.7. The highest BCUT2D eigenvalue weighted by molar-refractivity contribution is 6.10. The minimum Gasteiger partial charge on any atom is -0.493 e. The lowest BCUT2D eigenvalue weighted by molar-refractivity contribution is 0.0976. The molecule has 33 heavy (non-hydrogen) atoms. The molecule has 0 spiro atoms. The number of methoxy groups -OCH3 is 3. The van der Waals surface area contributed by atoms with Gasteiger partial charge in [0.05, 0.1) is 33.6 Å². The number of aromatic nitrogens is 2. The van der Waals surface area contributed by atoms with Crippen molar-refractivity contribution in [2.24, 2.45) is 12.0 Å². The fraction of sp³-hybridized carbons (Fsp3) is 0.292. The van der Waals surface area contributed by atoms with Crippen LogP contribution >= 0.6 is 0 Å². The maximum atomic E-state index is 13.1. The Bertz CT molecular complexity index is 1130. The molecule has 9 heteroatoms. The predicted octanol–water partition coefficient (Wildman–Crippen LogP) is 3.46. The number of nitrogens with one attached hydrogen (secondary N) is 2. The summed E-state index contributed by atoms with van der Waals surface area (Å²) in [6.07, 6.45) is 0. The van der Waals surface area contributed by atoms with Crippen LogP contribution in [0.25, 0.3) is 0 Å². The maximum Gasteiger partial charge on any atom is 0.258 e. The van der Waals surface area contributed by atoms with Crippen molar-refractivity contribution in [3.63, 3.8) is 0 Å². The summed E-state index contributed by atoms with van der Waals surface area (Å²) in [6, 6.07) is 12.7. The average Bonchev–Trinajstić information content (AvgIpc) is 3.07. The fourth-order valence-electron chi connectivity index (χ4n) is 3.36. The van der Waals surface area contributed by atoms with E-state index in [2.05, 4.69) is 20.7 Å². The van der Waals surface area contributed by atoms with Gasteiger partial charge in [0.2, 0.25) is 11.7 Å². The summed E-state index contributed by atoms with van der Waals surface area (Å²) in [5.41, 5.74) is 4.05. The molecule has 174 valence electrons. The SMILES string of the molecule is COc1cc(C(=O)NC(=NCc2c(C)nn(C)c2C)Nc2ccccc2)cc(OC)c1OC. The van der Waals surface area contributed by atoms with Crippen LogP contribution in [0.2, 0.25) is 0 Å². The molecule has 0 aliphatic rings. The van der Waals surface area contributed by atoms with Crippen LogP contribution in [0.4, 0.5) is 5.69 Å². The molecule has 1 aromatic heterocycles. The van der Waals surface area contributed by atoms with Crippen LogP contribution in [0.3, 0.4) is 0 Å². The number of aryl methyl sites for hydroxylation is 2. The van der Waals surface area contributed by atoms with Crippen LogP contribution in [-0.4, -0.2) is 43.0 Å². The molecule has 1 amide bonds. The number of amides is 1. The van der Waals surface area contributed by atoms with Crippen LogP contribution in [0.15, 0.2) is 47.5 Å². The summed E-state index contributed by atoms with van der Waals surface area (Å²) in [4.78, 5) is 17.8. The van der Waals surface area contributed by atoms with E-state index in [-0.39, 0.29) is 5.91 Å². The summed E-state index contributed by atoms with van der Waals surface area (Å²) in [6.45, 7) is 4.29. The Kier molecular flexibility index (Phi) is 7.55. The number of aliphatic imine (C=N–C) groups is 1. The molecule has 2 N–H and O–H groups in total. The summed E-state index contributed by atoms with van der Waals surface area (Å²) >= 11 is 0. The van der Waals surface area contributed by atoms with Crippen molar-refractivity contribution in [1.29, 1.82) is 0 Å². The van der Waals surface area contributed by atoms with Gasteiger partial charge in [-0.2, -0.15) is 5.10 Å². The molecule has 0 saturated heterocycles. The van der Waals surface area contributed by atoms with E-state index >= 15 is 0 Å². The van der Waals surface area contributed by atoms with Gasteiger partial charge in [-0.1, -0.05) is 18.2 Å². The van der Waals surface area contributed by atoms with E-state index in [1.165, 1.54) is 21.3 Å². The fourth-order valence-corrected chi connectivity index (χ4v) is 3.36. The van der Waals surface area contributed by atoms with Crippen molar-refractivity contribution >= 4 is 17.6 Å². The van der Waals surface area contributed by atoms with Crippen molar-refractivity contribution in [1.82, 2.24) is 15.1 Å². The number of rotatable bonds is 7. The number of carbonyl (C=O) groups is 1. The monoisotopic (exact) mass is 451 g/mol. The van der Waals surface area contributed by atoms with Gasteiger partial charge in [0.1, 0.15) is 0 Å².